The molecule has 1 amide bonds. The third kappa shape index (κ3) is 3.26. The number of aliphatic hydroxyl groups is 1. The molecule has 0 fully saturated rings. The molecule has 0 bridgehead atoms. The van der Waals surface area contributed by atoms with Crippen molar-refractivity contribution in [2.75, 3.05) is 13.2 Å². The summed E-state index contributed by atoms with van der Waals surface area (Å²) in [5.41, 5.74) is 0.622. The number of ether oxygens (including phenoxy) is 1. The summed E-state index contributed by atoms with van der Waals surface area (Å²) >= 11 is 1.34. The molecule has 2 heterocycles. The number of aliphatic hydroxyl groups excluding tert-OH is 1. The zero-order valence-electron chi connectivity index (χ0n) is 12.1. The zero-order valence-corrected chi connectivity index (χ0v) is 13.0. The van der Waals surface area contributed by atoms with Crippen LogP contribution in [0.3, 0.4) is 0 Å². The molecule has 122 valence electrons. The van der Waals surface area contributed by atoms with E-state index in [4.69, 9.17) is 4.74 Å². The van der Waals surface area contributed by atoms with Crippen LogP contribution < -0.4 is 5.32 Å². The number of hydrogen-bond donors (Lipinski definition) is 2. The molecule has 2 N–H and O–H groups in total. The van der Waals surface area contributed by atoms with Crippen molar-refractivity contribution in [2.24, 2.45) is 0 Å². The van der Waals surface area contributed by atoms with E-state index in [2.05, 4.69) is 5.32 Å². The van der Waals surface area contributed by atoms with Crippen LogP contribution in [0.5, 0.6) is 0 Å². The number of halogens is 2. The molecule has 1 aromatic heterocycles. The van der Waals surface area contributed by atoms with Crippen LogP contribution in [0, 0.1) is 11.6 Å². The van der Waals surface area contributed by atoms with Crippen LogP contribution in [-0.2, 0) is 17.8 Å². The Balaban J connectivity index is 1.81. The Kier molecular flexibility index (Phi) is 4.70. The first-order chi connectivity index (χ1) is 11.1. The Morgan fingerprint density at radius 3 is 2.78 bits per heavy atom. The molecule has 3 rings (SSSR count). The van der Waals surface area contributed by atoms with Gasteiger partial charge in [0.05, 0.1) is 30.7 Å². The minimum Gasteiger partial charge on any atom is -0.394 e. The topological polar surface area (TPSA) is 58.6 Å². The molecule has 1 unspecified atom stereocenters. The van der Waals surface area contributed by atoms with Crippen LogP contribution in [0.15, 0.2) is 24.3 Å². The van der Waals surface area contributed by atoms with Crippen LogP contribution in [0.25, 0.3) is 0 Å². The van der Waals surface area contributed by atoms with Crippen molar-refractivity contribution in [3.05, 3.63) is 56.8 Å². The van der Waals surface area contributed by atoms with E-state index in [9.17, 15) is 18.7 Å². The van der Waals surface area contributed by atoms with Crippen LogP contribution in [0.1, 0.15) is 31.7 Å². The molecule has 0 aliphatic carbocycles. The summed E-state index contributed by atoms with van der Waals surface area (Å²) in [6.45, 7) is 0.483. The molecule has 2 aromatic rings. The number of nitrogens with one attached hydrogen (secondary N) is 1. The lowest BCUT2D eigenvalue weighted by Crippen LogP contribution is -2.31. The van der Waals surface area contributed by atoms with Crippen LogP contribution in [0.4, 0.5) is 8.78 Å². The summed E-state index contributed by atoms with van der Waals surface area (Å²) in [5, 5.41) is 11.9. The largest absolute Gasteiger partial charge is 0.394 e. The summed E-state index contributed by atoms with van der Waals surface area (Å²) < 4.78 is 32.9. The molecule has 1 aliphatic rings. The van der Waals surface area contributed by atoms with Crippen molar-refractivity contribution in [1.29, 1.82) is 0 Å². The number of carbonyl (C=O) groups excluding carboxylic acids is 1. The van der Waals surface area contributed by atoms with E-state index in [0.29, 0.717) is 18.1 Å². The van der Waals surface area contributed by atoms with Crippen LogP contribution >= 0.6 is 11.3 Å². The van der Waals surface area contributed by atoms with Gasteiger partial charge in [-0.2, -0.15) is 0 Å². The summed E-state index contributed by atoms with van der Waals surface area (Å²) in [6.07, 6.45) is 0.749. The molecule has 0 spiro atoms. The third-order valence-corrected chi connectivity index (χ3v) is 4.92. The average Bonchev–Trinajstić information content (AvgIpc) is 2.97. The van der Waals surface area contributed by atoms with E-state index >= 15 is 0 Å². The average molecular weight is 339 g/mol. The highest BCUT2D eigenvalue weighted by atomic mass is 32.1. The SMILES string of the molecule is O=C(NC(CO)c1c(F)cccc1F)c1cc2c(s1)CCOC2. The van der Waals surface area contributed by atoms with E-state index in [1.165, 1.54) is 17.4 Å². The van der Waals surface area contributed by atoms with Gasteiger partial charge < -0.3 is 15.2 Å². The van der Waals surface area contributed by atoms with Crippen molar-refractivity contribution in [3.63, 3.8) is 0 Å². The maximum atomic E-state index is 13.8. The van der Waals surface area contributed by atoms with Crippen molar-refractivity contribution < 1.29 is 23.4 Å². The number of thiophene rings is 1. The lowest BCUT2D eigenvalue weighted by atomic mass is 10.1. The molecule has 0 saturated heterocycles. The highest BCUT2D eigenvalue weighted by Gasteiger charge is 2.24. The fourth-order valence-corrected chi connectivity index (χ4v) is 3.59. The molecule has 1 aliphatic heterocycles. The lowest BCUT2D eigenvalue weighted by molar-refractivity contribution is 0.0917. The highest BCUT2D eigenvalue weighted by Crippen LogP contribution is 2.28. The summed E-state index contributed by atoms with van der Waals surface area (Å²) in [7, 11) is 0. The fourth-order valence-electron chi connectivity index (χ4n) is 2.54. The van der Waals surface area contributed by atoms with Crippen molar-refractivity contribution in [3.8, 4) is 0 Å². The van der Waals surface area contributed by atoms with E-state index in [1.807, 2.05) is 0 Å². The maximum absolute atomic E-state index is 13.8. The van der Waals surface area contributed by atoms with Gasteiger partial charge >= 0.3 is 0 Å². The predicted octanol–water partition coefficient (Wildman–Crippen LogP) is 2.56. The molecule has 1 atom stereocenters. The predicted molar refractivity (Wildman–Crippen MR) is 81.3 cm³/mol. The molecule has 4 nitrogen and oxygen atoms in total. The Labute approximate surface area is 135 Å². The van der Waals surface area contributed by atoms with E-state index < -0.39 is 30.2 Å². The first kappa shape index (κ1) is 16.0. The molecular weight excluding hydrogens is 324 g/mol. The van der Waals surface area contributed by atoms with E-state index in [0.717, 1.165) is 29.0 Å². The Bertz CT molecular complexity index is 688. The van der Waals surface area contributed by atoms with Crippen molar-refractivity contribution >= 4 is 17.2 Å². The Morgan fingerprint density at radius 1 is 1.39 bits per heavy atom. The van der Waals surface area contributed by atoms with Gasteiger partial charge in [0.15, 0.2) is 0 Å². The molecule has 7 heteroatoms. The first-order valence-corrected chi connectivity index (χ1v) is 7.96. The van der Waals surface area contributed by atoms with Gasteiger partial charge in [0.2, 0.25) is 0 Å². The second-order valence-electron chi connectivity index (χ2n) is 5.21. The number of benzene rings is 1. The van der Waals surface area contributed by atoms with Gasteiger partial charge in [0.1, 0.15) is 11.6 Å². The molecule has 0 radical (unpaired) electrons. The van der Waals surface area contributed by atoms with E-state index in [-0.39, 0.29) is 5.56 Å². The maximum Gasteiger partial charge on any atom is 0.261 e. The van der Waals surface area contributed by atoms with Crippen molar-refractivity contribution in [1.82, 2.24) is 5.32 Å². The number of fused-ring (bicyclic) bond motifs is 1. The molecule has 0 saturated carbocycles. The quantitative estimate of drug-likeness (QED) is 0.900. The third-order valence-electron chi connectivity index (χ3n) is 3.69. The minimum absolute atomic E-state index is 0.340. The normalized spacial score (nSPS) is 15.1. The smallest absolute Gasteiger partial charge is 0.261 e. The Morgan fingerprint density at radius 2 is 2.13 bits per heavy atom. The summed E-state index contributed by atoms with van der Waals surface area (Å²) in [4.78, 5) is 13.9. The summed E-state index contributed by atoms with van der Waals surface area (Å²) in [5.74, 6) is -2.07. The first-order valence-electron chi connectivity index (χ1n) is 7.15. The van der Waals surface area contributed by atoms with Crippen LogP contribution in [-0.4, -0.2) is 24.2 Å². The van der Waals surface area contributed by atoms with Crippen molar-refractivity contribution in [2.45, 2.75) is 19.1 Å². The minimum atomic E-state index is -1.14. The van der Waals surface area contributed by atoms with Gasteiger partial charge in [-0.05, 0) is 23.8 Å². The number of amides is 1. The molecule has 1 aromatic carbocycles. The number of rotatable bonds is 4. The van der Waals surface area contributed by atoms with Gasteiger partial charge in [-0.1, -0.05) is 6.07 Å². The number of carbonyl (C=O) groups is 1. The summed E-state index contributed by atoms with van der Waals surface area (Å²) in [6, 6.07) is 4.00. The zero-order chi connectivity index (χ0) is 16.4. The van der Waals surface area contributed by atoms with E-state index in [1.54, 1.807) is 6.07 Å². The second kappa shape index (κ2) is 6.74. The molecule has 23 heavy (non-hydrogen) atoms. The fraction of sp³-hybridized carbons (Fsp3) is 0.312. The van der Waals surface area contributed by atoms with Gasteiger partial charge in [0, 0.05) is 16.9 Å². The molecular formula is C16H15F2NO3S. The monoisotopic (exact) mass is 339 g/mol. The second-order valence-corrected chi connectivity index (χ2v) is 6.34. The lowest BCUT2D eigenvalue weighted by Gasteiger charge is -2.17. The van der Waals surface area contributed by atoms with Gasteiger partial charge in [0.25, 0.3) is 5.91 Å². The van der Waals surface area contributed by atoms with Gasteiger partial charge in [-0.15, -0.1) is 11.3 Å². The van der Waals surface area contributed by atoms with Crippen LogP contribution in [0.2, 0.25) is 0 Å². The number of hydrogen-bond acceptors (Lipinski definition) is 4. The highest BCUT2D eigenvalue weighted by molar-refractivity contribution is 7.14. The standard InChI is InChI=1S/C16H15F2NO3S/c17-10-2-1-3-11(18)15(10)12(7-20)19-16(21)14-6-9-8-22-5-4-13(9)23-14/h1-3,6,12,20H,4-5,7-8H2,(H,19,21). The van der Waals surface area contributed by atoms with Gasteiger partial charge in [-0.3, -0.25) is 4.79 Å². The van der Waals surface area contributed by atoms with Gasteiger partial charge in [-0.25, -0.2) is 8.78 Å². The Hall–Kier alpha value is -1.83.